The Morgan fingerprint density at radius 1 is 1.10 bits per heavy atom. The number of hydrogen-bond acceptors (Lipinski definition) is 4. The molecule has 0 fully saturated rings. The molecule has 3 rings (SSSR count). The zero-order valence-electron chi connectivity index (χ0n) is 16.0. The van der Waals surface area contributed by atoms with Crippen molar-refractivity contribution in [3.63, 3.8) is 0 Å². The summed E-state index contributed by atoms with van der Waals surface area (Å²) in [6, 6.07) is 8.26. The molecule has 1 atom stereocenters. The second-order valence-corrected chi connectivity index (χ2v) is 7.58. The number of anilines is 2. The maximum absolute atomic E-state index is 13.3. The van der Waals surface area contributed by atoms with Gasteiger partial charge in [-0.25, -0.2) is 9.37 Å². The molecule has 1 amide bonds. The van der Waals surface area contributed by atoms with Crippen molar-refractivity contribution in [2.75, 3.05) is 10.6 Å². The predicted molar refractivity (Wildman–Crippen MR) is 116 cm³/mol. The van der Waals surface area contributed by atoms with Gasteiger partial charge in [0.1, 0.15) is 11.5 Å². The molecule has 0 saturated heterocycles. The summed E-state index contributed by atoms with van der Waals surface area (Å²) in [5.74, 6) is -1.31. The molecule has 3 N–H and O–H groups in total. The fraction of sp³-hybridized carbons (Fsp3) is 0.150. The lowest BCUT2D eigenvalue weighted by molar-refractivity contribution is -0.138. The third kappa shape index (κ3) is 5.98. The summed E-state index contributed by atoms with van der Waals surface area (Å²) in [7, 11) is 0. The molecule has 162 valence electrons. The summed E-state index contributed by atoms with van der Waals surface area (Å²) >= 11 is 6.49. The minimum absolute atomic E-state index is 0.0872. The van der Waals surface area contributed by atoms with Gasteiger partial charge in [0.2, 0.25) is 0 Å². The molecule has 2 aromatic carbocycles. The maximum Gasteiger partial charge on any atom is 0.416 e. The highest BCUT2D eigenvalue weighted by atomic mass is 32.1. The van der Waals surface area contributed by atoms with Gasteiger partial charge in [-0.2, -0.15) is 13.2 Å². The van der Waals surface area contributed by atoms with Gasteiger partial charge in [-0.05, 0) is 61.1 Å². The number of nitrogens with zero attached hydrogens (tertiary/aromatic N) is 1. The van der Waals surface area contributed by atoms with Gasteiger partial charge in [0, 0.05) is 16.8 Å². The highest BCUT2D eigenvalue weighted by Gasteiger charge is 2.35. The summed E-state index contributed by atoms with van der Waals surface area (Å²) in [5, 5.41) is 10.0. The van der Waals surface area contributed by atoms with Crippen LogP contribution in [0.2, 0.25) is 0 Å². The van der Waals surface area contributed by atoms with E-state index >= 15 is 0 Å². The number of halogens is 4. The van der Waals surface area contributed by atoms with Crippen molar-refractivity contribution >= 4 is 45.9 Å². The number of alkyl halides is 3. The zero-order valence-corrected chi connectivity index (χ0v) is 17.6. The van der Waals surface area contributed by atoms with Gasteiger partial charge in [0.25, 0.3) is 5.91 Å². The molecule has 5 nitrogen and oxygen atoms in total. The average molecular weight is 469 g/mol. The van der Waals surface area contributed by atoms with Crippen LogP contribution in [0.15, 0.2) is 53.4 Å². The van der Waals surface area contributed by atoms with Crippen molar-refractivity contribution in [3.05, 3.63) is 76.0 Å². The number of thiazole rings is 1. The Kier molecular flexibility index (Phi) is 6.86. The first-order valence-corrected chi connectivity index (χ1v) is 10.2. The van der Waals surface area contributed by atoms with Crippen molar-refractivity contribution < 1.29 is 22.4 Å². The van der Waals surface area contributed by atoms with E-state index in [9.17, 15) is 22.4 Å². The molecule has 11 heteroatoms. The van der Waals surface area contributed by atoms with Gasteiger partial charge in [-0.1, -0.05) is 6.07 Å². The fourth-order valence-corrected chi connectivity index (χ4v) is 3.58. The van der Waals surface area contributed by atoms with Crippen LogP contribution in [-0.4, -0.2) is 16.0 Å². The molecule has 3 aromatic rings. The van der Waals surface area contributed by atoms with E-state index in [1.165, 1.54) is 18.3 Å². The van der Waals surface area contributed by atoms with Gasteiger partial charge in [-0.15, -0.1) is 11.3 Å². The SMILES string of the molecule is CC(NC(=S)Nc1ccc(NC(=O)c2cscn2)cc1)c1ccc(F)cc1C(F)(F)F. The van der Waals surface area contributed by atoms with Crippen LogP contribution in [0.25, 0.3) is 0 Å². The van der Waals surface area contributed by atoms with E-state index in [1.807, 2.05) is 0 Å². The molecule has 0 aliphatic rings. The largest absolute Gasteiger partial charge is 0.416 e. The third-order valence-corrected chi connectivity index (χ3v) is 5.01. The Labute approximate surface area is 184 Å². The zero-order chi connectivity index (χ0) is 22.6. The predicted octanol–water partition coefficient (Wildman–Crippen LogP) is 5.60. The molecule has 0 aliphatic carbocycles. The second kappa shape index (κ2) is 9.40. The molecule has 1 heterocycles. The van der Waals surface area contributed by atoms with Crippen LogP contribution < -0.4 is 16.0 Å². The van der Waals surface area contributed by atoms with Crippen LogP contribution in [0.3, 0.4) is 0 Å². The van der Waals surface area contributed by atoms with Crippen LogP contribution in [0.4, 0.5) is 28.9 Å². The summed E-state index contributed by atoms with van der Waals surface area (Å²) in [6.45, 7) is 1.49. The lowest BCUT2D eigenvalue weighted by Crippen LogP contribution is -2.32. The van der Waals surface area contributed by atoms with Crippen LogP contribution in [0.5, 0.6) is 0 Å². The van der Waals surface area contributed by atoms with Crippen molar-refractivity contribution in [3.8, 4) is 0 Å². The molecule has 0 spiro atoms. The highest BCUT2D eigenvalue weighted by Crippen LogP contribution is 2.35. The Morgan fingerprint density at radius 2 is 1.74 bits per heavy atom. The number of rotatable bonds is 5. The minimum Gasteiger partial charge on any atom is -0.356 e. The number of carbonyl (C=O) groups is 1. The number of carbonyl (C=O) groups excluding carboxylic acids is 1. The number of nitrogens with one attached hydrogen (secondary N) is 3. The fourth-order valence-electron chi connectivity index (χ4n) is 2.75. The van der Waals surface area contributed by atoms with Gasteiger partial charge in [0.15, 0.2) is 5.11 Å². The number of benzene rings is 2. The van der Waals surface area contributed by atoms with Crippen LogP contribution >= 0.6 is 23.6 Å². The number of amides is 1. The first-order chi connectivity index (χ1) is 14.6. The molecule has 0 bridgehead atoms. The van der Waals surface area contributed by atoms with E-state index in [4.69, 9.17) is 12.2 Å². The molecule has 0 saturated carbocycles. The van der Waals surface area contributed by atoms with Crippen molar-refractivity contribution in [1.29, 1.82) is 0 Å². The van der Waals surface area contributed by atoms with Gasteiger partial charge < -0.3 is 16.0 Å². The van der Waals surface area contributed by atoms with E-state index in [-0.39, 0.29) is 16.6 Å². The molecule has 0 radical (unpaired) electrons. The number of aromatic nitrogens is 1. The Hall–Kier alpha value is -3.05. The van der Waals surface area contributed by atoms with E-state index in [2.05, 4.69) is 20.9 Å². The first kappa shape index (κ1) is 22.6. The summed E-state index contributed by atoms with van der Waals surface area (Å²) in [6.07, 6.45) is -4.69. The van der Waals surface area contributed by atoms with Gasteiger partial charge >= 0.3 is 6.18 Å². The van der Waals surface area contributed by atoms with Gasteiger partial charge in [0.05, 0.1) is 17.1 Å². The normalized spacial score (nSPS) is 12.2. The lowest BCUT2D eigenvalue weighted by Gasteiger charge is -2.21. The quantitative estimate of drug-likeness (QED) is 0.336. The van der Waals surface area contributed by atoms with Crippen LogP contribution in [0.1, 0.15) is 34.6 Å². The summed E-state index contributed by atoms with van der Waals surface area (Å²) < 4.78 is 52.9. The molecule has 1 unspecified atom stereocenters. The smallest absolute Gasteiger partial charge is 0.356 e. The standard InChI is InChI=1S/C20H16F4N4OS2/c1-11(15-7-2-12(21)8-16(15)20(22,23)24)26-19(30)28-14-5-3-13(4-6-14)27-18(29)17-9-31-10-25-17/h2-11H,1H3,(H,27,29)(H2,26,28,30). The topological polar surface area (TPSA) is 66.0 Å². The van der Waals surface area contributed by atoms with E-state index in [1.54, 1.807) is 35.2 Å². The van der Waals surface area contributed by atoms with E-state index < -0.39 is 23.6 Å². The Morgan fingerprint density at radius 3 is 2.32 bits per heavy atom. The van der Waals surface area contributed by atoms with Crippen LogP contribution in [0, 0.1) is 5.82 Å². The van der Waals surface area contributed by atoms with Crippen molar-refractivity contribution in [2.24, 2.45) is 0 Å². The highest BCUT2D eigenvalue weighted by molar-refractivity contribution is 7.80. The average Bonchev–Trinajstić information content (AvgIpc) is 3.23. The minimum atomic E-state index is -4.69. The van der Waals surface area contributed by atoms with Crippen molar-refractivity contribution in [1.82, 2.24) is 10.3 Å². The number of thiocarbonyl (C=S) groups is 1. The lowest BCUT2D eigenvalue weighted by atomic mass is 10.0. The molecule has 0 aliphatic heterocycles. The monoisotopic (exact) mass is 468 g/mol. The Balaban J connectivity index is 1.61. The van der Waals surface area contributed by atoms with Crippen LogP contribution in [-0.2, 0) is 6.18 Å². The molecular formula is C20H16F4N4OS2. The number of hydrogen-bond donors (Lipinski definition) is 3. The first-order valence-electron chi connectivity index (χ1n) is 8.87. The molecule has 1 aromatic heterocycles. The Bertz CT molecular complexity index is 1070. The van der Waals surface area contributed by atoms with E-state index in [0.29, 0.717) is 23.1 Å². The van der Waals surface area contributed by atoms with Gasteiger partial charge in [-0.3, -0.25) is 4.79 Å². The third-order valence-electron chi connectivity index (χ3n) is 4.20. The molecular weight excluding hydrogens is 452 g/mol. The maximum atomic E-state index is 13.3. The van der Waals surface area contributed by atoms with E-state index in [0.717, 1.165) is 12.1 Å². The van der Waals surface area contributed by atoms with Crippen molar-refractivity contribution in [2.45, 2.75) is 19.1 Å². The summed E-state index contributed by atoms with van der Waals surface area (Å²) in [4.78, 5) is 15.9. The second-order valence-electron chi connectivity index (χ2n) is 6.45. The summed E-state index contributed by atoms with van der Waals surface area (Å²) in [5.41, 5.74) is 1.78. The molecule has 31 heavy (non-hydrogen) atoms.